The summed E-state index contributed by atoms with van der Waals surface area (Å²) >= 11 is 0. The van der Waals surface area contributed by atoms with Crippen LogP contribution in [-0.4, -0.2) is 61.9 Å². The lowest BCUT2D eigenvalue weighted by atomic mass is 10.1. The molecule has 0 aromatic carbocycles. The Morgan fingerprint density at radius 3 is 2.95 bits per heavy atom. The summed E-state index contributed by atoms with van der Waals surface area (Å²) in [5.41, 5.74) is 5.99. The highest BCUT2D eigenvalue weighted by molar-refractivity contribution is 7.90. The van der Waals surface area contributed by atoms with E-state index in [0.29, 0.717) is 37.7 Å². The SMILES string of the molecule is NCC1CCN(C(=O)C2=CC=CN3CCS(=O)(=O)N=C23)C1. The van der Waals surface area contributed by atoms with Crippen molar-refractivity contribution in [2.45, 2.75) is 6.42 Å². The van der Waals surface area contributed by atoms with E-state index in [4.69, 9.17) is 5.73 Å². The molecule has 3 aliphatic rings. The molecule has 3 aliphatic heterocycles. The van der Waals surface area contributed by atoms with Gasteiger partial charge in [-0.1, -0.05) is 0 Å². The van der Waals surface area contributed by atoms with Crippen LogP contribution in [0.2, 0.25) is 0 Å². The van der Waals surface area contributed by atoms with Gasteiger partial charge in [-0.05, 0) is 31.0 Å². The molecule has 0 spiro atoms. The van der Waals surface area contributed by atoms with E-state index in [1.807, 2.05) is 0 Å². The van der Waals surface area contributed by atoms with Gasteiger partial charge in [0.05, 0.1) is 11.3 Å². The summed E-state index contributed by atoms with van der Waals surface area (Å²) in [6, 6.07) is 0. The Kier molecular flexibility index (Phi) is 3.58. The Hall–Kier alpha value is -1.67. The Morgan fingerprint density at radius 1 is 1.43 bits per heavy atom. The first-order valence-corrected chi connectivity index (χ1v) is 8.58. The minimum absolute atomic E-state index is 0.0265. The van der Waals surface area contributed by atoms with E-state index in [9.17, 15) is 13.2 Å². The molecule has 3 heterocycles. The highest BCUT2D eigenvalue weighted by Gasteiger charge is 2.34. The number of amidine groups is 1. The van der Waals surface area contributed by atoms with Gasteiger partial charge in [0.25, 0.3) is 15.9 Å². The van der Waals surface area contributed by atoms with Gasteiger partial charge in [-0.2, -0.15) is 0 Å². The van der Waals surface area contributed by atoms with Crippen molar-refractivity contribution in [2.24, 2.45) is 16.0 Å². The minimum Gasteiger partial charge on any atom is -0.338 e. The zero-order valence-electron chi connectivity index (χ0n) is 11.6. The fourth-order valence-electron chi connectivity index (χ4n) is 2.76. The molecule has 0 bridgehead atoms. The summed E-state index contributed by atoms with van der Waals surface area (Å²) in [7, 11) is -3.48. The van der Waals surface area contributed by atoms with Crippen LogP contribution in [-0.2, 0) is 14.8 Å². The van der Waals surface area contributed by atoms with Gasteiger partial charge < -0.3 is 15.5 Å². The van der Waals surface area contributed by atoms with Crippen molar-refractivity contribution < 1.29 is 13.2 Å². The first-order valence-electron chi connectivity index (χ1n) is 6.97. The topological polar surface area (TPSA) is 96.1 Å². The zero-order chi connectivity index (χ0) is 15.0. The quantitative estimate of drug-likeness (QED) is 0.727. The summed E-state index contributed by atoms with van der Waals surface area (Å²) in [6.45, 7) is 2.16. The fourth-order valence-corrected chi connectivity index (χ4v) is 3.75. The molecule has 114 valence electrons. The molecule has 3 rings (SSSR count). The predicted molar refractivity (Wildman–Crippen MR) is 78.9 cm³/mol. The van der Waals surface area contributed by atoms with Crippen LogP contribution >= 0.6 is 0 Å². The molecule has 0 aromatic heterocycles. The van der Waals surface area contributed by atoms with Crippen LogP contribution in [0.4, 0.5) is 0 Å². The Labute approximate surface area is 123 Å². The first-order chi connectivity index (χ1) is 10.00. The Balaban J connectivity index is 1.87. The molecular formula is C13H18N4O3S. The second kappa shape index (κ2) is 5.27. The molecule has 0 radical (unpaired) electrons. The van der Waals surface area contributed by atoms with Gasteiger partial charge in [0, 0.05) is 25.8 Å². The highest BCUT2D eigenvalue weighted by Crippen LogP contribution is 2.22. The number of amides is 1. The van der Waals surface area contributed by atoms with Crippen molar-refractivity contribution in [1.82, 2.24) is 9.80 Å². The third-order valence-electron chi connectivity index (χ3n) is 3.99. The third kappa shape index (κ3) is 2.73. The molecule has 1 unspecified atom stereocenters. The third-order valence-corrected chi connectivity index (χ3v) is 5.14. The van der Waals surface area contributed by atoms with Gasteiger partial charge in [-0.3, -0.25) is 4.79 Å². The molecule has 21 heavy (non-hydrogen) atoms. The first kappa shape index (κ1) is 14.3. The molecule has 1 atom stereocenters. The van der Waals surface area contributed by atoms with E-state index < -0.39 is 10.0 Å². The molecule has 0 aromatic rings. The van der Waals surface area contributed by atoms with Crippen LogP contribution < -0.4 is 5.73 Å². The van der Waals surface area contributed by atoms with E-state index in [1.54, 1.807) is 28.2 Å². The number of fused-ring (bicyclic) bond motifs is 1. The monoisotopic (exact) mass is 310 g/mol. The average Bonchev–Trinajstić information content (AvgIpc) is 2.94. The van der Waals surface area contributed by atoms with Crippen LogP contribution in [0, 0.1) is 5.92 Å². The molecule has 1 amide bonds. The van der Waals surface area contributed by atoms with Gasteiger partial charge in [-0.15, -0.1) is 4.40 Å². The number of hydrogen-bond acceptors (Lipinski definition) is 5. The maximum Gasteiger partial charge on any atom is 0.257 e. The van der Waals surface area contributed by atoms with Crippen LogP contribution in [0.15, 0.2) is 28.3 Å². The smallest absolute Gasteiger partial charge is 0.257 e. The van der Waals surface area contributed by atoms with Crippen molar-refractivity contribution in [3.8, 4) is 0 Å². The van der Waals surface area contributed by atoms with Gasteiger partial charge in [0.1, 0.15) is 0 Å². The van der Waals surface area contributed by atoms with E-state index in [1.165, 1.54) is 0 Å². The molecule has 8 heteroatoms. The number of rotatable bonds is 2. The van der Waals surface area contributed by atoms with Crippen LogP contribution in [0.25, 0.3) is 0 Å². The van der Waals surface area contributed by atoms with Crippen LogP contribution in [0.1, 0.15) is 6.42 Å². The van der Waals surface area contributed by atoms with Crippen LogP contribution in [0.5, 0.6) is 0 Å². The van der Waals surface area contributed by atoms with Crippen LogP contribution in [0.3, 0.4) is 0 Å². The maximum absolute atomic E-state index is 12.6. The predicted octanol–water partition coefficient (Wildman–Crippen LogP) is -0.709. The number of carbonyl (C=O) groups excluding carboxylic acids is 1. The molecule has 1 saturated heterocycles. The van der Waals surface area contributed by atoms with Crippen molar-refractivity contribution in [3.05, 3.63) is 23.9 Å². The summed E-state index contributed by atoms with van der Waals surface area (Å²) in [6.07, 6.45) is 6.02. The highest BCUT2D eigenvalue weighted by atomic mass is 32.2. The molecular weight excluding hydrogens is 292 g/mol. The van der Waals surface area contributed by atoms with Crippen molar-refractivity contribution in [2.75, 3.05) is 31.9 Å². The summed E-state index contributed by atoms with van der Waals surface area (Å²) < 4.78 is 27.1. The summed E-state index contributed by atoms with van der Waals surface area (Å²) in [5.74, 6) is 0.365. The van der Waals surface area contributed by atoms with Crippen molar-refractivity contribution in [3.63, 3.8) is 0 Å². The molecule has 0 aliphatic carbocycles. The number of carbonyl (C=O) groups is 1. The van der Waals surface area contributed by atoms with Gasteiger partial charge in [0.15, 0.2) is 5.84 Å². The number of hydrogen-bond donors (Lipinski definition) is 1. The summed E-state index contributed by atoms with van der Waals surface area (Å²) in [4.78, 5) is 16.0. The lowest BCUT2D eigenvalue weighted by Crippen LogP contribution is -2.43. The van der Waals surface area contributed by atoms with E-state index in [2.05, 4.69) is 4.40 Å². The molecule has 1 fully saturated rings. The van der Waals surface area contributed by atoms with Crippen molar-refractivity contribution >= 4 is 21.8 Å². The number of allylic oxidation sites excluding steroid dienone is 2. The molecule has 2 N–H and O–H groups in total. The standard InChI is InChI=1S/C13H18N4O3S/c14-8-10-3-5-17(9-10)13(18)11-2-1-4-16-6-7-21(19,20)15-12(11)16/h1-2,4,10H,3,5-9,14H2. The lowest BCUT2D eigenvalue weighted by molar-refractivity contribution is -0.125. The van der Waals surface area contributed by atoms with Crippen molar-refractivity contribution in [1.29, 1.82) is 0 Å². The normalized spacial score (nSPS) is 27.2. The molecule has 0 saturated carbocycles. The average molecular weight is 310 g/mol. The van der Waals surface area contributed by atoms with Gasteiger partial charge >= 0.3 is 0 Å². The second-order valence-electron chi connectivity index (χ2n) is 5.46. The van der Waals surface area contributed by atoms with Gasteiger partial charge in [0.2, 0.25) is 0 Å². The van der Waals surface area contributed by atoms with E-state index >= 15 is 0 Å². The number of sulfonamides is 1. The maximum atomic E-state index is 12.6. The second-order valence-corrected chi connectivity index (χ2v) is 7.21. The largest absolute Gasteiger partial charge is 0.338 e. The number of nitrogens with two attached hydrogens (primary N) is 1. The summed E-state index contributed by atoms with van der Waals surface area (Å²) in [5, 5.41) is 0. The Bertz CT molecular complexity index is 650. The number of likely N-dealkylation sites (tertiary alicyclic amines) is 1. The van der Waals surface area contributed by atoms with E-state index in [0.717, 1.165) is 6.42 Å². The zero-order valence-corrected chi connectivity index (χ0v) is 12.4. The fraction of sp³-hybridized carbons (Fsp3) is 0.538. The van der Waals surface area contributed by atoms with Gasteiger partial charge in [-0.25, -0.2) is 8.42 Å². The Morgan fingerprint density at radius 2 is 2.24 bits per heavy atom. The number of nitrogens with zero attached hydrogens (tertiary/aromatic N) is 3. The minimum atomic E-state index is -3.48. The van der Waals surface area contributed by atoms with E-state index in [-0.39, 0.29) is 17.5 Å². The lowest BCUT2D eigenvalue weighted by Gasteiger charge is -2.30. The molecule has 7 nitrogen and oxygen atoms in total.